The number of hydrogen-bond acceptors (Lipinski definition) is 2. The number of carbonyl (C=O) groups excluding carboxylic acids is 1. The van der Waals surface area contributed by atoms with Crippen LogP contribution in [0.1, 0.15) is 32.6 Å². The number of carbonyl (C=O) groups is 1. The van der Waals surface area contributed by atoms with Gasteiger partial charge in [0.05, 0.1) is 0 Å². The summed E-state index contributed by atoms with van der Waals surface area (Å²) in [5, 5.41) is 3.16. The molecule has 0 unspecified atom stereocenters. The molecule has 0 aromatic heterocycles. The lowest BCUT2D eigenvalue weighted by Crippen LogP contribution is -2.13. The number of amides is 1. The highest BCUT2D eigenvalue weighted by atomic mass is 19.1. The molecule has 110 valence electrons. The second kappa shape index (κ2) is 5.95. The molecule has 4 heteroatoms. The normalized spacial score (nSPS) is 10.5. The van der Waals surface area contributed by atoms with E-state index in [9.17, 15) is 9.18 Å². The maximum Gasteiger partial charge on any atom is 0.248 e. The Balaban J connectivity index is 2.23. The van der Waals surface area contributed by atoms with Crippen molar-refractivity contribution in [3.05, 3.63) is 64.0 Å². The molecule has 1 amide bonds. The average molecular weight is 286 g/mol. The van der Waals surface area contributed by atoms with Gasteiger partial charge in [-0.1, -0.05) is 18.2 Å². The van der Waals surface area contributed by atoms with E-state index < -0.39 is 11.7 Å². The number of nitrogens with one attached hydrogen (secondary N) is 1. The van der Waals surface area contributed by atoms with Gasteiger partial charge in [-0.3, -0.25) is 4.79 Å². The molecule has 2 aromatic carbocycles. The fourth-order valence-corrected chi connectivity index (χ4v) is 2.12. The van der Waals surface area contributed by atoms with Crippen molar-refractivity contribution < 1.29 is 9.18 Å². The minimum absolute atomic E-state index is 0.167. The molecule has 0 heterocycles. The van der Waals surface area contributed by atoms with Crippen LogP contribution in [0.4, 0.5) is 10.1 Å². The lowest BCUT2D eigenvalue weighted by atomic mass is 10.1. The highest BCUT2D eigenvalue weighted by Gasteiger charge is 2.10. The summed E-state index contributed by atoms with van der Waals surface area (Å²) >= 11 is 0. The van der Waals surface area contributed by atoms with E-state index in [1.165, 1.54) is 17.2 Å². The van der Waals surface area contributed by atoms with Crippen LogP contribution < -0.4 is 11.1 Å². The fraction of sp³-hybridized carbons (Fsp3) is 0.235. The molecule has 3 nitrogen and oxygen atoms in total. The Bertz CT molecular complexity index is 695. The Morgan fingerprint density at radius 2 is 1.86 bits per heavy atom. The average Bonchev–Trinajstić information content (AvgIpc) is 2.43. The van der Waals surface area contributed by atoms with Crippen LogP contribution in [0.15, 0.2) is 30.3 Å². The van der Waals surface area contributed by atoms with Gasteiger partial charge < -0.3 is 11.1 Å². The SMILES string of the molecule is Cc1ccc(CNc2cc(C(N)=O)cc(F)c2C)cc1C. The van der Waals surface area contributed by atoms with Crippen LogP contribution >= 0.6 is 0 Å². The summed E-state index contributed by atoms with van der Waals surface area (Å²) in [7, 11) is 0. The van der Waals surface area contributed by atoms with Crippen molar-refractivity contribution in [3.8, 4) is 0 Å². The first-order valence-corrected chi connectivity index (χ1v) is 6.78. The number of benzene rings is 2. The molecule has 0 saturated heterocycles. The first kappa shape index (κ1) is 15.0. The van der Waals surface area contributed by atoms with Crippen LogP contribution in [-0.2, 0) is 6.54 Å². The molecule has 3 N–H and O–H groups in total. The van der Waals surface area contributed by atoms with Crippen molar-refractivity contribution in [2.24, 2.45) is 5.73 Å². The lowest BCUT2D eigenvalue weighted by molar-refractivity contribution is 0.1000. The van der Waals surface area contributed by atoms with Gasteiger partial charge in [-0.15, -0.1) is 0 Å². The van der Waals surface area contributed by atoms with Crippen molar-refractivity contribution in [3.63, 3.8) is 0 Å². The molecule has 0 spiro atoms. The summed E-state index contributed by atoms with van der Waals surface area (Å²) in [4.78, 5) is 11.2. The molecule has 0 saturated carbocycles. The number of hydrogen-bond donors (Lipinski definition) is 2. The maximum absolute atomic E-state index is 13.8. The van der Waals surface area contributed by atoms with Gasteiger partial charge in [0.2, 0.25) is 5.91 Å². The zero-order chi connectivity index (χ0) is 15.6. The Hall–Kier alpha value is -2.36. The number of nitrogens with two attached hydrogens (primary N) is 1. The van der Waals surface area contributed by atoms with Gasteiger partial charge >= 0.3 is 0 Å². The zero-order valence-corrected chi connectivity index (χ0v) is 12.5. The molecule has 0 aliphatic rings. The molecular weight excluding hydrogens is 267 g/mol. The van der Waals surface area contributed by atoms with E-state index in [1.54, 1.807) is 13.0 Å². The van der Waals surface area contributed by atoms with Crippen molar-refractivity contribution >= 4 is 11.6 Å². The monoisotopic (exact) mass is 286 g/mol. The minimum Gasteiger partial charge on any atom is -0.381 e. The van der Waals surface area contributed by atoms with Gasteiger partial charge in [-0.05, 0) is 49.6 Å². The molecule has 0 aliphatic carbocycles. The van der Waals surface area contributed by atoms with Crippen LogP contribution in [0.3, 0.4) is 0 Å². The highest BCUT2D eigenvalue weighted by molar-refractivity contribution is 5.94. The van der Waals surface area contributed by atoms with Gasteiger partial charge in [0.15, 0.2) is 0 Å². The third-order valence-electron chi connectivity index (χ3n) is 3.68. The molecule has 21 heavy (non-hydrogen) atoms. The Labute approximate surface area is 124 Å². The molecule has 0 fully saturated rings. The summed E-state index contributed by atoms with van der Waals surface area (Å²) in [6, 6.07) is 8.92. The second-order valence-electron chi connectivity index (χ2n) is 5.27. The first-order chi connectivity index (χ1) is 9.88. The summed E-state index contributed by atoms with van der Waals surface area (Å²) < 4.78 is 13.8. The standard InChI is InChI=1S/C17H19FN2O/c1-10-4-5-13(6-11(10)2)9-20-16-8-14(17(19)21)7-15(18)12(16)3/h4-8,20H,9H2,1-3H3,(H2,19,21). The topological polar surface area (TPSA) is 55.1 Å². The third-order valence-corrected chi connectivity index (χ3v) is 3.68. The van der Waals surface area contributed by atoms with E-state index >= 15 is 0 Å². The predicted octanol–water partition coefficient (Wildman–Crippen LogP) is 3.46. The van der Waals surface area contributed by atoms with Crippen LogP contribution in [0.25, 0.3) is 0 Å². The number of primary amides is 1. The zero-order valence-electron chi connectivity index (χ0n) is 12.5. The van der Waals surface area contributed by atoms with E-state index in [4.69, 9.17) is 5.73 Å². The molecule has 2 aromatic rings. The predicted molar refractivity (Wildman–Crippen MR) is 82.9 cm³/mol. The first-order valence-electron chi connectivity index (χ1n) is 6.78. The van der Waals surface area contributed by atoms with E-state index in [1.807, 2.05) is 6.07 Å². The smallest absolute Gasteiger partial charge is 0.248 e. The minimum atomic E-state index is -0.636. The van der Waals surface area contributed by atoms with Crippen LogP contribution in [0, 0.1) is 26.6 Å². The van der Waals surface area contributed by atoms with Crippen LogP contribution in [-0.4, -0.2) is 5.91 Å². The number of anilines is 1. The molecular formula is C17H19FN2O. The summed E-state index contributed by atoms with van der Waals surface area (Å²) in [5.74, 6) is -1.07. The summed E-state index contributed by atoms with van der Waals surface area (Å²) in [5.41, 5.74) is 9.98. The van der Waals surface area contributed by atoms with E-state index in [0.717, 1.165) is 5.56 Å². The van der Waals surface area contributed by atoms with E-state index in [-0.39, 0.29) is 5.56 Å². The van der Waals surface area contributed by atoms with Crippen LogP contribution in [0.5, 0.6) is 0 Å². The highest BCUT2D eigenvalue weighted by Crippen LogP contribution is 2.21. The van der Waals surface area contributed by atoms with Crippen molar-refractivity contribution in [1.29, 1.82) is 0 Å². The van der Waals surface area contributed by atoms with Crippen LogP contribution in [0.2, 0.25) is 0 Å². The van der Waals surface area contributed by atoms with E-state index in [2.05, 4.69) is 31.3 Å². The Kier molecular flexibility index (Phi) is 4.26. The summed E-state index contributed by atoms with van der Waals surface area (Å²) in [6.07, 6.45) is 0. The summed E-state index contributed by atoms with van der Waals surface area (Å²) in [6.45, 7) is 6.34. The Morgan fingerprint density at radius 3 is 2.48 bits per heavy atom. The number of aryl methyl sites for hydroxylation is 2. The van der Waals surface area contributed by atoms with Gasteiger partial charge in [0.1, 0.15) is 5.82 Å². The molecule has 0 atom stereocenters. The quantitative estimate of drug-likeness (QED) is 0.904. The molecule has 0 bridgehead atoms. The van der Waals surface area contributed by atoms with Gasteiger partial charge in [0.25, 0.3) is 0 Å². The molecule has 2 rings (SSSR count). The molecule has 0 radical (unpaired) electrons. The Morgan fingerprint density at radius 1 is 1.14 bits per heavy atom. The van der Waals surface area contributed by atoms with Crippen molar-refractivity contribution in [2.75, 3.05) is 5.32 Å². The van der Waals surface area contributed by atoms with Crippen molar-refractivity contribution in [2.45, 2.75) is 27.3 Å². The fourth-order valence-electron chi connectivity index (χ4n) is 2.12. The van der Waals surface area contributed by atoms with Crippen molar-refractivity contribution in [1.82, 2.24) is 0 Å². The maximum atomic E-state index is 13.8. The van der Waals surface area contributed by atoms with Gasteiger partial charge in [-0.25, -0.2) is 4.39 Å². The van der Waals surface area contributed by atoms with E-state index in [0.29, 0.717) is 17.8 Å². The third kappa shape index (κ3) is 3.40. The largest absolute Gasteiger partial charge is 0.381 e. The number of halogens is 1. The van der Waals surface area contributed by atoms with Gasteiger partial charge in [-0.2, -0.15) is 0 Å². The molecule has 0 aliphatic heterocycles. The lowest BCUT2D eigenvalue weighted by Gasteiger charge is -2.12. The number of rotatable bonds is 4. The van der Waals surface area contributed by atoms with Gasteiger partial charge in [0, 0.05) is 23.4 Å². The second-order valence-corrected chi connectivity index (χ2v) is 5.27.